The maximum absolute atomic E-state index is 9.35. The van der Waals surface area contributed by atoms with E-state index in [-0.39, 0.29) is 0 Å². The Hall–Kier alpha value is -1.58. The van der Waals surface area contributed by atoms with Crippen LogP contribution in [0.4, 0.5) is 0 Å². The Bertz CT molecular complexity index is 516. The molecule has 1 aromatic rings. The second kappa shape index (κ2) is 5.38. The van der Waals surface area contributed by atoms with Crippen LogP contribution in [-0.4, -0.2) is 17.2 Å². The largest absolute Gasteiger partial charge is 0.488 e. The summed E-state index contributed by atoms with van der Waals surface area (Å²) in [6.45, 7) is 3.82. The van der Waals surface area contributed by atoms with E-state index in [1.165, 1.54) is 5.57 Å². The third-order valence-electron chi connectivity index (χ3n) is 3.22. The van der Waals surface area contributed by atoms with Crippen molar-refractivity contribution in [3.05, 3.63) is 59.2 Å². The first-order chi connectivity index (χ1) is 8.59. The Morgan fingerprint density at radius 1 is 1.00 bits per heavy atom. The molecule has 0 aromatic heterocycles. The lowest BCUT2D eigenvalue weighted by Crippen LogP contribution is -2.34. The zero-order chi connectivity index (χ0) is 13.1. The van der Waals surface area contributed by atoms with E-state index in [4.69, 9.17) is 0 Å². The number of rotatable bonds is 2. The SMILES string of the molecule is Cc1cc(C2=CC=CC=CC2)cc(C)c1B(O)O. The van der Waals surface area contributed by atoms with Gasteiger partial charge in [-0.1, -0.05) is 53.6 Å². The normalized spacial score (nSPS) is 14.3. The van der Waals surface area contributed by atoms with Gasteiger partial charge in [0.1, 0.15) is 0 Å². The third-order valence-corrected chi connectivity index (χ3v) is 3.22. The van der Waals surface area contributed by atoms with Crippen LogP contribution in [0.2, 0.25) is 0 Å². The summed E-state index contributed by atoms with van der Waals surface area (Å²) in [4.78, 5) is 0. The molecule has 1 aliphatic rings. The van der Waals surface area contributed by atoms with E-state index in [0.29, 0.717) is 5.46 Å². The van der Waals surface area contributed by atoms with Crippen LogP contribution in [0.15, 0.2) is 42.5 Å². The van der Waals surface area contributed by atoms with Gasteiger partial charge in [-0.15, -0.1) is 0 Å². The minimum atomic E-state index is -1.40. The van der Waals surface area contributed by atoms with Crippen LogP contribution in [0.3, 0.4) is 0 Å². The van der Waals surface area contributed by atoms with E-state index in [2.05, 4.69) is 12.2 Å². The minimum absolute atomic E-state index is 0.610. The molecule has 92 valence electrons. The molecule has 0 amide bonds. The van der Waals surface area contributed by atoms with E-state index in [9.17, 15) is 10.0 Å². The van der Waals surface area contributed by atoms with Crippen molar-refractivity contribution in [1.82, 2.24) is 0 Å². The maximum Gasteiger partial charge on any atom is 0.488 e. The van der Waals surface area contributed by atoms with Crippen molar-refractivity contribution in [3.8, 4) is 0 Å². The van der Waals surface area contributed by atoms with Crippen molar-refractivity contribution in [2.75, 3.05) is 0 Å². The molecule has 0 aliphatic heterocycles. The molecule has 3 heteroatoms. The Morgan fingerprint density at radius 2 is 1.67 bits per heavy atom. The molecule has 1 aromatic carbocycles. The van der Waals surface area contributed by atoms with E-state index in [0.717, 1.165) is 23.1 Å². The highest BCUT2D eigenvalue weighted by molar-refractivity contribution is 6.59. The lowest BCUT2D eigenvalue weighted by Gasteiger charge is -2.13. The molecule has 2 rings (SSSR count). The summed E-state index contributed by atoms with van der Waals surface area (Å²) < 4.78 is 0. The standard InChI is InChI=1S/C15H17BO2/c1-11-9-14(10-12(2)15(11)16(17)18)13-7-5-3-4-6-8-13/h3-7,9-10,17-18H,8H2,1-2H3. The first-order valence-corrected chi connectivity index (χ1v) is 6.09. The highest BCUT2D eigenvalue weighted by Gasteiger charge is 2.18. The van der Waals surface area contributed by atoms with Crippen molar-refractivity contribution in [1.29, 1.82) is 0 Å². The van der Waals surface area contributed by atoms with Crippen molar-refractivity contribution in [2.45, 2.75) is 20.3 Å². The van der Waals surface area contributed by atoms with Gasteiger partial charge in [0.25, 0.3) is 0 Å². The van der Waals surface area contributed by atoms with Gasteiger partial charge in [-0.3, -0.25) is 0 Å². The van der Waals surface area contributed by atoms with E-state index in [1.807, 2.05) is 44.2 Å². The molecular weight excluding hydrogens is 223 g/mol. The molecule has 1 aliphatic carbocycles. The molecule has 2 N–H and O–H groups in total. The molecule has 2 nitrogen and oxygen atoms in total. The number of allylic oxidation sites excluding steroid dienone is 6. The minimum Gasteiger partial charge on any atom is -0.423 e. The second-order valence-corrected chi connectivity index (χ2v) is 4.61. The highest BCUT2D eigenvalue weighted by Crippen LogP contribution is 2.22. The fraction of sp³-hybridized carbons (Fsp3) is 0.200. The number of hydrogen-bond acceptors (Lipinski definition) is 2. The van der Waals surface area contributed by atoms with Crippen molar-refractivity contribution in [3.63, 3.8) is 0 Å². The Balaban J connectivity index is 2.45. The van der Waals surface area contributed by atoms with Crippen LogP contribution in [0.1, 0.15) is 23.1 Å². The summed E-state index contributed by atoms with van der Waals surface area (Å²) in [6, 6.07) is 4.03. The quantitative estimate of drug-likeness (QED) is 0.775. The molecule has 0 saturated heterocycles. The van der Waals surface area contributed by atoms with Crippen LogP contribution >= 0.6 is 0 Å². The fourth-order valence-electron chi connectivity index (χ4n) is 2.36. The van der Waals surface area contributed by atoms with Crippen molar-refractivity contribution < 1.29 is 10.0 Å². The third kappa shape index (κ3) is 2.63. The monoisotopic (exact) mass is 240 g/mol. The summed E-state index contributed by atoms with van der Waals surface area (Å²) in [5.41, 5.74) is 4.83. The van der Waals surface area contributed by atoms with E-state index < -0.39 is 7.12 Å². The van der Waals surface area contributed by atoms with Gasteiger partial charge in [0.05, 0.1) is 0 Å². The Labute approximate surface area is 108 Å². The molecule has 0 radical (unpaired) electrons. The van der Waals surface area contributed by atoms with Crippen molar-refractivity contribution in [2.24, 2.45) is 0 Å². The Morgan fingerprint density at radius 3 is 2.28 bits per heavy atom. The molecule has 18 heavy (non-hydrogen) atoms. The van der Waals surface area contributed by atoms with Gasteiger partial charge < -0.3 is 10.0 Å². The second-order valence-electron chi connectivity index (χ2n) is 4.61. The average Bonchev–Trinajstić information content (AvgIpc) is 2.55. The van der Waals surface area contributed by atoms with Gasteiger partial charge >= 0.3 is 7.12 Å². The predicted molar refractivity (Wildman–Crippen MR) is 76.6 cm³/mol. The average molecular weight is 240 g/mol. The predicted octanol–water partition coefficient (Wildman–Crippen LogP) is 1.88. The van der Waals surface area contributed by atoms with E-state index >= 15 is 0 Å². The van der Waals surface area contributed by atoms with Gasteiger partial charge in [-0.05, 0) is 36.9 Å². The zero-order valence-electron chi connectivity index (χ0n) is 10.7. The molecular formula is C15H17BO2. The summed E-state index contributed by atoms with van der Waals surface area (Å²) >= 11 is 0. The van der Waals surface area contributed by atoms with Gasteiger partial charge in [0.2, 0.25) is 0 Å². The van der Waals surface area contributed by atoms with Crippen LogP contribution < -0.4 is 5.46 Å². The first kappa shape index (κ1) is 12.9. The van der Waals surface area contributed by atoms with Crippen LogP contribution in [0, 0.1) is 13.8 Å². The van der Waals surface area contributed by atoms with Crippen molar-refractivity contribution >= 4 is 18.2 Å². The van der Waals surface area contributed by atoms with Gasteiger partial charge in [-0.25, -0.2) is 0 Å². The van der Waals surface area contributed by atoms with Crippen LogP contribution in [0.5, 0.6) is 0 Å². The Kier molecular flexibility index (Phi) is 3.85. The highest BCUT2D eigenvalue weighted by atomic mass is 16.4. The van der Waals surface area contributed by atoms with Crippen LogP contribution in [0.25, 0.3) is 5.57 Å². The smallest absolute Gasteiger partial charge is 0.423 e. The van der Waals surface area contributed by atoms with Crippen LogP contribution in [-0.2, 0) is 0 Å². The molecule has 0 unspecified atom stereocenters. The summed E-state index contributed by atoms with van der Waals surface area (Å²) in [5, 5.41) is 18.7. The number of aryl methyl sites for hydroxylation is 2. The maximum atomic E-state index is 9.35. The number of hydrogen-bond donors (Lipinski definition) is 2. The van der Waals surface area contributed by atoms with E-state index in [1.54, 1.807) is 0 Å². The first-order valence-electron chi connectivity index (χ1n) is 6.09. The van der Waals surface area contributed by atoms with Gasteiger partial charge in [0, 0.05) is 0 Å². The summed E-state index contributed by atoms with van der Waals surface area (Å²) in [6.07, 6.45) is 11.2. The summed E-state index contributed by atoms with van der Waals surface area (Å²) in [7, 11) is -1.40. The van der Waals surface area contributed by atoms with Gasteiger partial charge in [-0.2, -0.15) is 0 Å². The lowest BCUT2D eigenvalue weighted by molar-refractivity contribution is 0.425. The molecule has 0 saturated carbocycles. The number of benzene rings is 1. The molecule has 0 spiro atoms. The molecule has 0 bridgehead atoms. The topological polar surface area (TPSA) is 40.5 Å². The summed E-state index contributed by atoms with van der Waals surface area (Å²) in [5.74, 6) is 0. The zero-order valence-corrected chi connectivity index (χ0v) is 10.7. The molecule has 0 fully saturated rings. The van der Waals surface area contributed by atoms with Gasteiger partial charge in [0.15, 0.2) is 0 Å². The lowest BCUT2D eigenvalue weighted by atomic mass is 9.73. The molecule has 0 heterocycles. The molecule has 0 atom stereocenters. The fourth-order valence-corrected chi connectivity index (χ4v) is 2.36.